The minimum atomic E-state index is -0.209. The Bertz CT molecular complexity index is 928. The largest absolute Gasteiger partial charge is 0.349 e. The standard InChI is InChI=1S/C26H33N3O2/c1-18-5-3-7-21(13-18)20-9-11-24(12-10-20)29-16-23(17-29)28-25(30)15-27-26(31)22-8-4-6-19(2)14-22/h3-8,13-14,20,23-24H,9-12,15-17H2,1-2H3,(H,27,31)(H,28,30). The zero-order valence-electron chi connectivity index (χ0n) is 18.6. The SMILES string of the molecule is Cc1cccc(C(=O)NCC(=O)NC2CN(C3CCC(c4cccc(C)c4)CC3)C2)c1. The first-order valence-electron chi connectivity index (χ1n) is 11.4. The highest BCUT2D eigenvalue weighted by molar-refractivity contribution is 5.96. The molecule has 0 radical (unpaired) electrons. The van der Waals surface area contributed by atoms with E-state index in [0.29, 0.717) is 17.5 Å². The Balaban J connectivity index is 1.15. The summed E-state index contributed by atoms with van der Waals surface area (Å²) in [6.07, 6.45) is 4.94. The first-order chi connectivity index (χ1) is 15.0. The summed E-state index contributed by atoms with van der Waals surface area (Å²) in [6, 6.07) is 17.1. The van der Waals surface area contributed by atoms with Crippen molar-refractivity contribution in [1.82, 2.24) is 15.5 Å². The third kappa shape index (κ3) is 5.53. The Morgan fingerprint density at radius 2 is 1.61 bits per heavy atom. The summed E-state index contributed by atoms with van der Waals surface area (Å²) < 4.78 is 0. The van der Waals surface area contributed by atoms with Gasteiger partial charge in [-0.2, -0.15) is 0 Å². The molecule has 2 aliphatic rings. The Morgan fingerprint density at radius 3 is 2.29 bits per heavy atom. The van der Waals surface area contributed by atoms with Gasteiger partial charge < -0.3 is 10.6 Å². The lowest BCUT2D eigenvalue weighted by Crippen LogP contribution is -2.63. The Kier molecular flexibility index (Phi) is 6.71. The highest BCUT2D eigenvalue weighted by atomic mass is 16.2. The highest BCUT2D eigenvalue weighted by Crippen LogP contribution is 2.36. The van der Waals surface area contributed by atoms with Crippen molar-refractivity contribution in [3.05, 3.63) is 70.8 Å². The van der Waals surface area contributed by atoms with Gasteiger partial charge in [0.05, 0.1) is 12.6 Å². The van der Waals surface area contributed by atoms with Crippen LogP contribution in [0.15, 0.2) is 48.5 Å². The molecular weight excluding hydrogens is 386 g/mol. The van der Waals surface area contributed by atoms with Gasteiger partial charge >= 0.3 is 0 Å². The number of benzene rings is 2. The van der Waals surface area contributed by atoms with Crippen molar-refractivity contribution in [2.24, 2.45) is 0 Å². The van der Waals surface area contributed by atoms with Crippen LogP contribution in [0.3, 0.4) is 0 Å². The quantitative estimate of drug-likeness (QED) is 0.753. The second-order valence-corrected chi connectivity index (χ2v) is 9.19. The van der Waals surface area contributed by atoms with Crippen LogP contribution in [0.4, 0.5) is 0 Å². The fourth-order valence-electron chi connectivity index (χ4n) is 4.93. The lowest BCUT2D eigenvalue weighted by atomic mass is 9.80. The lowest BCUT2D eigenvalue weighted by molar-refractivity contribution is -0.122. The van der Waals surface area contributed by atoms with Crippen LogP contribution in [0.2, 0.25) is 0 Å². The van der Waals surface area contributed by atoms with E-state index in [-0.39, 0.29) is 24.4 Å². The van der Waals surface area contributed by atoms with E-state index in [0.717, 1.165) is 18.7 Å². The Labute approximate surface area is 185 Å². The van der Waals surface area contributed by atoms with E-state index < -0.39 is 0 Å². The van der Waals surface area contributed by atoms with Gasteiger partial charge in [-0.3, -0.25) is 14.5 Å². The molecule has 1 saturated heterocycles. The zero-order valence-corrected chi connectivity index (χ0v) is 18.6. The number of hydrogen-bond acceptors (Lipinski definition) is 3. The van der Waals surface area contributed by atoms with Crippen molar-refractivity contribution in [1.29, 1.82) is 0 Å². The second-order valence-electron chi connectivity index (χ2n) is 9.19. The predicted octanol–water partition coefficient (Wildman–Crippen LogP) is 3.56. The van der Waals surface area contributed by atoms with Crippen molar-refractivity contribution >= 4 is 11.8 Å². The molecule has 5 heteroatoms. The van der Waals surface area contributed by atoms with Gasteiger partial charge in [-0.1, -0.05) is 47.5 Å². The fourth-order valence-corrected chi connectivity index (χ4v) is 4.93. The van der Waals surface area contributed by atoms with Gasteiger partial charge in [0.25, 0.3) is 5.91 Å². The van der Waals surface area contributed by atoms with E-state index in [1.807, 2.05) is 25.1 Å². The molecule has 4 rings (SSSR count). The third-order valence-electron chi connectivity index (χ3n) is 6.69. The first-order valence-corrected chi connectivity index (χ1v) is 11.4. The second kappa shape index (κ2) is 9.65. The van der Waals surface area contributed by atoms with Crippen molar-refractivity contribution in [2.75, 3.05) is 19.6 Å². The molecule has 1 aliphatic carbocycles. The number of carbonyl (C=O) groups excluding carboxylic acids is 2. The molecule has 1 heterocycles. The number of nitrogens with one attached hydrogen (secondary N) is 2. The van der Waals surface area contributed by atoms with E-state index in [1.54, 1.807) is 6.07 Å². The molecule has 0 unspecified atom stereocenters. The van der Waals surface area contributed by atoms with Crippen LogP contribution >= 0.6 is 0 Å². The molecule has 0 spiro atoms. The number of carbonyl (C=O) groups is 2. The minimum absolute atomic E-state index is 0.0187. The van der Waals surface area contributed by atoms with Crippen molar-refractivity contribution in [2.45, 2.75) is 57.5 Å². The van der Waals surface area contributed by atoms with Crippen LogP contribution in [-0.4, -0.2) is 48.4 Å². The summed E-state index contributed by atoms with van der Waals surface area (Å²) >= 11 is 0. The molecule has 31 heavy (non-hydrogen) atoms. The molecular formula is C26H33N3O2. The summed E-state index contributed by atoms with van der Waals surface area (Å²) in [5, 5.41) is 5.76. The molecule has 5 nitrogen and oxygen atoms in total. The summed E-state index contributed by atoms with van der Waals surface area (Å²) in [4.78, 5) is 26.9. The van der Waals surface area contributed by atoms with Crippen molar-refractivity contribution in [3.63, 3.8) is 0 Å². The van der Waals surface area contributed by atoms with Crippen molar-refractivity contribution < 1.29 is 9.59 Å². The number of aryl methyl sites for hydroxylation is 2. The molecule has 2 aromatic carbocycles. The van der Waals surface area contributed by atoms with Crippen LogP contribution in [-0.2, 0) is 4.79 Å². The van der Waals surface area contributed by atoms with Gasteiger partial charge in [-0.05, 0) is 63.1 Å². The monoisotopic (exact) mass is 419 g/mol. The maximum atomic E-state index is 12.2. The highest BCUT2D eigenvalue weighted by Gasteiger charge is 2.35. The molecule has 2 N–H and O–H groups in total. The molecule has 1 aliphatic heterocycles. The van der Waals surface area contributed by atoms with Crippen LogP contribution in [0.5, 0.6) is 0 Å². The number of amides is 2. The van der Waals surface area contributed by atoms with E-state index in [1.165, 1.54) is 36.8 Å². The van der Waals surface area contributed by atoms with Crippen LogP contribution in [0.1, 0.15) is 58.6 Å². The van der Waals surface area contributed by atoms with Crippen LogP contribution in [0, 0.1) is 13.8 Å². The van der Waals surface area contributed by atoms with E-state index in [2.05, 4.69) is 46.7 Å². The third-order valence-corrected chi connectivity index (χ3v) is 6.69. The fraction of sp³-hybridized carbons (Fsp3) is 0.462. The average Bonchev–Trinajstić information content (AvgIpc) is 2.74. The number of nitrogens with zero attached hydrogens (tertiary/aromatic N) is 1. The summed E-state index contributed by atoms with van der Waals surface area (Å²) in [5.74, 6) is 0.359. The van der Waals surface area contributed by atoms with E-state index >= 15 is 0 Å². The van der Waals surface area contributed by atoms with Crippen LogP contribution < -0.4 is 10.6 Å². The van der Waals surface area contributed by atoms with Crippen LogP contribution in [0.25, 0.3) is 0 Å². The molecule has 2 amide bonds. The van der Waals surface area contributed by atoms with Gasteiger partial charge in [-0.25, -0.2) is 0 Å². The summed E-state index contributed by atoms with van der Waals surface area (Å²) in [6.45, 7) is 5.96. The van der Waals surface area contributed by atoms with Crippen molar-refractivity contribution in [3.8, 4) is 0 Å². The van der Waals surface area contributed by atoms with Gasteiger partial charge in [0.1, 0.15) is 0 Å². The topological polar surface area (TPSA) is 61.4 Å². The summed E-state index contributed by atoms with van der Waals surface area (Å²) in [7, 11) is 0. The molecule has 0 aromatic heterocycles. The predicted molar refractivity (Wildman–Crippen MR) is 123 cm³/mol. The number of hydrogen-bond donors (Lipinski definition) is 2. The first kappa shape index (κ1) is 21.6. The maximum absolute atomic E-state index is 12.2. The molecule has 2 fully saturated rings. The van der Waals surface area contributed by atoms with Gasteiger partial charge in [-0.15, -0.1) is 0 Å². The minimum Gasteiger partial charge on any atom is -0.349 e. The molecule has 0 atom stereocenters. The summed E-state index contributed by atoms with van der Waals surface area (Å²) in [5.41, 5.74) is 4.44. The van der Waals surface area contributed by atoms with Gasteiger partial charge in [0, 0.05) is 24.7 Å². The smallest absolute Gasteiger partial charge is 0.251 e. The molecule has 1 saturated carbocycles. The Hall–Kier alpha value is -2.66. The maximum Gasteiger partial charge on any atom is 0.251 e. The van der Waals surface area contributed by atoms with Gasteiger partial charge in [0.15, 0.2) is 0 Å². The molecule has 0 bridgehead atoms. The number of rotatable bonds is 6. The molecule has 164 valence electrons. The Morgan fingerprint density at radius 1 is 0.935 bits per heavy atom. The van der Waals surface area contributed by atoms with Gasteiger partial charge in [0.2, 0.25) is 5.91 Å². The molecule has 2 aromatic rings. The lowest BCUT2D eigenvalue weighted by Gasteiger charge is -2.46. The van der Waals surface area contributed by atoms with E-state index in [4.69, 9.17) is 0 Å². The normalized spacial score (nSPS) is 21.9. The number of likely N-dealkylation sites (tertiary alicyclic amines) is 1. The van der Waals surface area contributed by atoms with E-state index in [9.17, 15) is 9.59 Å². The zero-order chi connectivity index (χ0) is 21.8. The average molecular weight is 420 g/mol.